The maximum atomic E-state index is 13.7. The van der Waals surface area contributed by atoms with Gasteiger partial charge in [-0.05, 0) is 36.8 Å². The maximum Gasteiger partial charge on any atom is 0.196 e. The summed E-state index contributed by atoms with van der Waals surface area (Å²) in [6.07, 6.45) is 0. The number of para-hydroxylation sites is 1. The summed E-state index contributed by atoms with van der Waals surface area (Å²) in [5.74, 6) is -0.386. The van der Waals surface area contributed by atoms with Gasteiger partial charge in [0.2, 0.25) is 0 Å². The van der Waals surface area contributed by atoms with Crippen LogP contribution in [0.3, 0.4) is 0 Å². The summed E-state index contributed by atoms with van der Waals surface area (Å²) in [5.41, 5.74) is 6.48. The van der Waals surface area contributed by atoms with Crippen LogP contribution in [0.15, 0.2) is 78.9 Å². The third-order valence-corrected chi connectivity index (χ3v) is 5.78. The van der Waals surface area contributed by atoms with Crippen LogP contribution in [0.5, 0.6) is 0 Å². The van der Waals surface area contributed by atoms with Crippen LogP contribution in [0.25, 0.3) is 39.1 Å². The smallest absolute Gasteiger partial charge is 0.196 e. The van der Waals surface area contributed by atoms with Crippen molar-refractivity contribution in [1.82, 2.24) is 14.8 Å². The molecular formula is C26H16FN3O. The number of pyridine rings is 1. The normalized spacial score (nSPS) is 12.3. The van der Waals surface area contributed by atoms with Gasteiger partial charge in [0.05, 0.1) is 28.0 Å². The average molecular weight is 405 g/mol. The highest BCUT2D eigenvalue weighted by molar-refractivity contribution is 6.26. The Balaban J connectivity index is 1.78. The Bertz CT molecular complexity index is 1500. The van der Waals surface area contributed by atoms with E-state index in [9.17, 15) is 9.18 Å². The largest absolute Gasteiger partial charge is 0.288 e. The second-order valence-electron chi connectivity index (χ2n) is 7.62. The molecule has 1 aliphatic rings. The number of rotatable bonds is 2. The van der Waals surface area contributed by atoms with Crippen molar-refractivity contribution in [2.75, 3.05) is 0 Å². The van der Waals surface area contributed by atoms with Crippen molar-refractivity contribution in [2.24, 2.45) is 0 Å². The Morgan fingerprint density at radius 1 is 0.806 bits per heavy atom. The summed E-state index contributed by atoms with van der Waals surface area (Å²) in [6, 6.07) is 23.5. The number of carbonyl (C=O) groups excluding carboxylic acids is 1. The first-order chi connectivity index (χ1) is 15.1. The van der Waals surface area contributed by atoms with Gasteiger partial charge in [-0.2, -0.15) is 5.10 Å². The minimum Gasteiger partial charge on any atom is -0.288 e. The van der Waals surface area contributed by atoms with E-state index < -0.39 is 0 Å². The minimum atomic E-state index is -0.322. The van der Waals surface area contributed by atoms with Crippen LogP contribution in [-0.4, -0.2) is 20.5 Å². The number of aromatic nitrogens is 3. The summed E-state index contributed by atoms with van der Waals surface area (Å²) >= 11 is 0. The van der Waals surface area contributed by atoms with Gasteiger partial charge in [0.25, 0.3) is 0 Å². The predicted octanol–water partition coefficient (Wildman–Crippen LogP) is 5.75. The van der Waals surface area contributed by atoms with Crippen LogP contribution in [0.1, 0.15) is 21.6 Å². The Hall–Kier alpha value is -4.12. The van der Waals surface area contributed by atoms with Crippen LogP contribution >= 0.6 is 0 Å². The van der Waals surface area contributed by atoms with Crippen LogP contribution in [0.2, 0.25) is 0 Å². The number of carbonyl (C=O) groups is 1. The van der Waals surface area contributed by atoms with Crippen LogP contribution in [0.4, 0.5) is 4.39 Å². The number of nitrogens with zero attached hydrogens (tertiary/aromatic N) is 3. The van der Waals surface area contributed by atoms with E-state index in [2.05, 4.69) is 0 Å². The van der Waals surface area contributed by atoms with E-state index in [1.165, 1.54) is 12.1 Å². The zero-order valence-corrected chi connectivity index (χ0v) is 16.6. The van der Waals surface area contributed by atoms with E-state index in [1.807, 2.05) is 66.2 Å². The molecule has 0 bridgehead atoms. The SMILES string of the molecule is Cc1nn(-c2ccccc2)c2nc3c(c(-c4ccc(F)cc4)c12)C(=O)c1ccccc1-3. The fourth-order valence-electron chi connectivity index (χ4n) is 4.41. The fraction of sp³-hybridized carbons (Fsp3) is 0.0385. The molecule has 1 aliphatic carbocycles. The van der Waals surface area contributed by atoms with Gasteiger partial charge < -0.3 is 0 Å². The van der Waals surface area contributed by atoms with Crippen molar-refractivity contribution in [3.63, 3.8) is 0 Å². The van der Waals surface area contributed by atoms with Gasteiger partial charge in [-0.1, -0.05) is 54.6 Å². The number of benzene rings is 3. The van der Waals surface area contributed by atoms with E-state index in [-0.39, 0.29) is 11.6 Å². The highest BCUT2D eigenvalue weighted by atomic mass is 19.1. The van der Waals surface area contributed by atoms with E-state index in [1.54, 1.807) is 12.1 Å². The first-order valence-corrected chi connectivity index (χ1v) is 10.0. The quantitative estimate of drug-likeness (QED) is 0.369. The van der Waals surface area contributed by atoms with Crippen molar-refractivity contribution in [2.45, 2.75) is 6.92 Å². The number of halogens is 1. The molecule has 0 spiro atoms. The lowest BCUT2D eigenvalue weighted by molar-refractivity contribution is 0.104. The number of hydrogen-bond donors (Lipinski definition) is 0. The molecule has 0 saturated heterocycles. The third kappa shape index (κ3) is 2.50. The highest BCUT2D eigenvalue weighted by Gasteiger charge is 2.34. The van der Waals surface area contributed by atoms with Crippen molar-refractivity contribution in [3.8, 4) is 28.1 Å². The molecule has 0 aliphatic heterocycles. The summed E-state index contributed by atoms with van der Waals surface area (Å²) in [4.78, 5) is 18.4. The fourth-order valence-corrected chi connectivity index (χ4v) is 4.41. The van der Waals surface area contributed by atoms with Crippen molar-refractivity contribution >= 4 is 16.8 Å². The Kier molecular flexibility index (Phi) is 3.68. The Morgan fingerprint density at radius 3 is 2.23 bits per heavy atom. The second-order valence-corrected chi connectivity index (χ2v) is 7.62. The van der Waals surface area contributed by atoms with Gasteiger partial charge >= 0.3 is 0 Å². The van der Waals surface area contributed by atoms with Crippen LogP contribution in [0, 0.1) is 12.7 Å². The van der Waals surface area contributed by atoms with E-state index >= 15 is 0 Å². The molecular weight excluding hydrogens is 389 g/mol. The molecule has 31 heavy (non-hydrogen) atoms. The van der Waals surface area contributed by atoms with Gasteiger partial charge in [0.15, 0.2) is 11.4 Å². The molecule has 3 aromatic carbocycles. The molecule has 2 aromatic heterocycles. The molecule has 0 amide bonds. The van der Waals surface area contributed by atoms with Crippen molar-refractivity contribution < 1.29 is 9.18 Å². The number of ketones is 1. The Morgan fingerprint density at radius 2 is 1.48 bits per heavy atom. The van der Waals surface area contributed by atoms with E-state index in [0.717, 1.165) is 33.5 Å². The second kappa shape index (κ2) is 6.44. The lowest BCUT2D eigenvalue weighted by Gasteiger charge is -2.11. The Labute approximate surface area is 177 Å². The summed E-state index contributed by atoms with van der Waals surface area (Å²) in [5, 5.41) is 5.56. The number of aryl methyl sites for hydroxylation is 1. The first-order valence-electron chi connectivity index (χ1n) is 10.0. The molecule has 0 N–H and O–H groups in total. The highest BCUT2D eigenvalue weighted by Crippen LogP contribution is 2.44. The molecule has 0 radical (unpaired) electrons. The summed E-state index contributed by atoms with van der Waals surface area (Å²) < 4.78 is 15.5. The predicted molar refractivity (Wildman–Crippen MR) is 118 cm³/mol. The molecule has 0 saturated carbocycles. The molecule has 148 valence electrons. The molecule has 4 nitrogen and oxygen atoms in total. The molecule has 5 aromatic rings. The third-order valence-electron chi connectivity index (χ3n) is 5.78. The molecule has 5 heteroatoms. The average Bonchev–Trinajstić information content (AvgIpc) is 3.29. The van der Waals surface area contributed by atoms with Crippen LogP contribution < -0.4 is 0 Å². The molecule has 0 atom stereocenters. The topological polar surface area (TPSA) is 47.8 Å². The van der Waals surface area contributed by atoms with Gasteiger partial charge in [-0.25, -0.2) is 14.1 Å². The van der Waals surface area contributed by atoms with Gasteiger partial charge in [0.1, 0.15) is 5.82 Å². The molecule has 6 rings (SSSR count). The zero-order valence-electron chi connectivity index (χ0n) is 16.6. The van der Waals surface area contributed by atoms with Gasteiger partial charge in [0, 0.05) is 16.7 Å². The monoisotopic (exact) mass is 405 g/mol. The molecule has 0 unspecified atom stereocenters. The lowest BCUT2D eigenvalue weighted by atomic mass is 9.94. The summed E-state index contributed by atoms with van der Waals surface area (Å²) in [7, 11) is 0. The van der Waals surface area contributed by atoms with E-state index in [0.29, 0.717) is 22.5 Å². The number of hydrogen-bond acceptors (Lipinski definition) is 3. The molecule has 2 heterocycles. The first kappa shape index (κ1) is 17.7. The van der Waals surface area contributed by atoms with Crippen LogP contribution in [-0.2, 0) is 0 Å². The van der Waals surface area contributed by atoms with E-state index in [4.69, 9.17) is 10.1 Å². The van der Waals surface area contributed by atoms with Crippen molar-refractivity contribution in [1.29, 1.82) is 0 Å². The minimum absolute atomic E-state index is 0.0637. The zero-order chi connectivity index (χ0) is 21.1. The van der Waals surface area contributed by atoms with Gasteiger partial charge in [-0.3, -0.25) is 4.79 Å². The molecule has 0 fully saturated rings. The maximum absolute atomic E-state index is 13.7. The summed E-state index contributed by atoms with van der Waals surface area (Å²) in [6.45, 7) is 1.91. The van der Waals surface area contributed by atoms with Crippen molar-refractivity contribution in [3.05, 3.63) is 102 Å². The lowest BCUT2D eigenvalue weighted by Crippen LogP contribution is -2.02. The number of fused-ring (bicyclic) bond motifs is 4. The van der Waals surface area contributed by atoms with Gasteiger partial charge in [-0.15, -0.1) is 0 Å². The standard InChI is InChI=1S/C26H16FN3O/c1-15-21-22(16-11-13-17(27)14-12-16)23-24(19-9-5-6-10-20(19)25(23)31)28-26(21)30(29-15)18-7-3-2-4-8-18/h2-14H,1H3.